The molecule has 1 saturated heterocycles. The summed E-state index contributed by atoms with van der Waals surface area (Å²) in [6.45, 7) is 0.947. The Balaban J connectivity index is 1.70. The predicted molar refractivity (Wildman–Crippen MR) is 119 cm³/mol. The molecule has 12 heteroatoms. The number of alkyl halides is 2. The van der Waals surface area contributed by atoms with Gasteiger partial charge in [0.15, 0.2) is 5.65 Å². The average molecular weight is 486 g/mol. The van der Waals surface area contributed by atoms with Crippen LogP contribution in [0.3, 0.4) is 0 Å². The normalized spacial score (nSPS) is 15.8. The third kappa shape index (κ3) is 4.20. The lowest BCUT2D eigenvalue weighted by molar-refractivity contribution is 0.0962. The molecule has 0 radical (unpaired) electrons. The number of nitrogens with zero attached hydrogens (tertiary/aromatic N) is 5. The summed E-state index contributed by atoms with van der Waals surface area (Å²) in [5.41, 5.74) is 0.540. The molecule has 5 rings (SSSR count). The molecule has 0 bridgehead atoms. The van der Waals surface area contributed by atoms with E-state index in [1.807, 2.05) is 0 Å². The molecule has 4 heterocycles. The summed E-state index contributed by atoms with van der Waals surface area (Å²) < 4.78 is 56.8. The van der Waals surface area contributed by atoms with Crippen LogP contribution in [0.25, 0.3) is 28.0 Å². The van der Waals surface area contributed by atoms with Gasteiger partial charge in [0, 0.05) is 43.4 Å². The molecule has 0 aliphatic carbocycles. The number of nitrogens with one attached hydrogen (secondary N) is 1. The molecule has 9 nitrogen and oxygen atoms in total. The fraction of sp³-hybridized carbons (Fsp3) is 0.304. The number of ether oxygens (including phenoxy) is 2. The minimum absolute atomic E-state index is 0.0930. The van der Waals surface area contributed by atoms with Crippen LogP contribution in [0.1, 0.15) is 28.8 Å². The number of carbonyl (C=O) groups excluding carboxylic acids is 1. The smallest absolute Gasteiger partial charge is 0.266 e. The van der Waals surface area contributed by atoms with E-state index in [0.29, 0.717) is 30.8 Å². The fourth-order valence-corrected chi connectivity index (χ4v) is 3.97. The van der Waals surface area contributed by atoms with Crippen molar-refractivity contribution in [2.75, 3.05) is 20.3 Å². The molecule has 1 amide bonds. The van der Waals surface area contributed by atoms with Gasteiger partial charge in [-0.3, -0.25) is 9.48 Å². The fourth-order valence-electron chi connectivity index (χ4n) is 3.97. The first-order valence-electron chi connectivity index (χ1n) is 10.8. The van der Waals surface area contributed by atoms with Gasteiger partial charge in [0.1, 0.15) is 11.9 Å². The molecule has 3 aromatic heterocycles. The third-order valence-electron chi connectivity index (χ3n) is 5.74. The van der Waals surface area contributed by atoms with Gasteiger partial charge in [-0.2, -0.15) is 5.10 Å². The van der Waals surface area contributed by atoms with Crippen molar-refractivity contribution in [3.05, 3.63) is 53.7 Å². The molecule has 35 heavy (non-hydrogen) atoms. The number of fused-ring (bicyclic) bond motifs is 1. The van der Waals surface area contributed by atoms with Crippen molar-refractivity contribution in [2.45, 2.75) is 19.0 Å². The van der Waals surface area contributed by atoms with Gasteiger partial charge in [-0.05, 0) is 18.2 Å². The Labute approximate surface area is 197 Å². The number of halogens is 3. The van der Waals surface area contributed by atoms with Gasteiger partial charge < -0.3 is 14.8 Å². The van der Waals surface area contributed by atoms with Crippen LogP contribution in [-0.2, 0) is 11.8 Å². The van der Waals surface area contributed by atoms with E-state index in [0.717, 1.165) is 11.6 Å². The minimum atomic E-state index is -3.12. The van der Waals surface area contributed by atoms with Gasteiger partial charge in [0.05, 0.1) is 42.4 Å². The zero-order valence-electron chi connectivity index (χ0n) is 18.8. The molecule has 4 aromatic rings. The predicted octanol–water partition coefficient (Wildman–Crippen LogP) is 3.40. The van der Waals surface area contributed by atoms with Gasteiger partial charge in [0.2, 0.25) is 5.88 Å². The highest BCUT2D eigenvalue weighted by molar-refractivity contribution is 5.95. The quantitative estimate of drug-likeness (QED) is 0.449. The van der Waals surface area contributed by atoms with Crippen LogP contribution in [0.2, 0.25) is 0 Å². The molecule has 1 N–H and O–H groups in total. The van der Waals surface area contributed by atoms with Crippen molar-refractivity contribution in [1.82, 2.24) is 29.7 Å². The van der Waals surface area contributed by atoms with Crippen LogP contribution in [0, 0.1) is 5.82 Å². The summed E-state index contributed by atoms with van der Waals surface area (Å²) in [6, 6.07) is 3.74. The van der Waals surface area contributed by atoms with E-state index in [4.69, 9.17) is 9.47 Å². The first-order valence-corrected chi connectivity index (χ1v) is 10.8. The number of rotatable bonds is 6. The molecule has 0 saturated carbocycles. The summed E-state index contributed by atoms with van der Waals surface area (Å²) in [6.07, 6.45) is 2.07. The molecule has 1 aromatic carbocycles. The average Bonchev–Trinajstić information content (AvgIpc) is 3.59. The largest absolute Gasteiger partial charge is 0.470 e. The van der Waals surface area contributed by atoms with Crippen LogP contribution >= 0.6 is 0 Å². The van der Waals surface area contributed by atoms with E-state index in [9.17, 15) is 13.6 Å². The van der Waals surface area contributed by atoms with Crippen molar-refractivity contribution >= 4 is 11.6 Å². The number of hydrogen-bond acceptors (Lipinski definition) is 6. The van der Waals surface area contributed by atoms with E-state index in [-0.39, 0.29) is 28.8 Å². The first-order chi connectivity index (χ1) is 16.9. The summed E-state index contributed by atoms with van der Waals surface area (Å²) in [5.74, 6) is -1.55. The monoisotopic (exact) mass is 486 g/mol. The lowest BCUT2D eigenvalue weighted by Gasteiger charge is -2.15. The van der Waals surface area contributed by atoms with Crippen LogP contribution in [0.5, 0.6) is 5.88 Å². The first kappa shape index (κ1) is 22.8. The Morgan fingerprint density at radius 1 is 1.26 bits per heavy atom. The standard InChI is InChI=1S/C23H21F3N6O3/c1-27-22(33)12-5-16(20(24)17(6-12)21(25)26)18-9-28-19-7-15(13-8-29-31(2)10-13)23(30-32(18)19)35-14-3-4-34-11-14/h5-10,14,21H,3-4,11H2,1-2H3,(H,27,33). The SMILES string of the molecule is CNC(=O)c1cc(-c2cnc3cc(-c4cnn(C)c4)c(OC4CCOC4)nn23)c(F)c(C(F)F)c1. The van der Waals surface area contributed by atoms with E-state index >= 15 is 4.39 Å². The lowest BCUT2D eigenvalue weighted by atomic mass is 10.0. The highest BCUT2D eigenvalue weighted by Gasteiger charge is 2.25. The molecule has 1 aliphatic heterocycles. The Hall–Kier alpha value is -3.93. The molecule has 1 fully saturated rings. The Morgan fingerprint density at radius 3 is 2.74 bits per heavy atom. The summed E-state index contributed by atoms with van der Waals surface area (Å²) in [5, 5.41) is 11.1. The second-order valence-electron chi connectivity index (χ2n) is 8.09. The number of imidazole rings is 1. The second kappa shape index (κ2) is 9.02. The maximum absolute atomic E-state index is 15.2. The summed E-state index contributed by atoms with van der Waals surface area (Å²) in [7, 11) is 3.14. The molecule has 182 valence electrons. The zero-order chi connectivity index (χ0) is 24.7. The van der Waals surface area contributed by atoms with Gasteiger partial charge in [0.25, 0.3) is 12.3 Å². The third-order valence-corrected chi connectivity index (χ3v) is 5.74. The Kier molecular flexibility index (Phi) is 5.89. The highest BCUT2D eigenvalue weighted by atomic mass is 19.3. The van der Waals surface area contributed by atoms with Crippen molar-refractivity contribution in [2.24, 2.45) is 7.05 Å². The molecule has 1 aliphatic rings. The summed E-state index contributed by atoms with van der Waals surface area (Å²) in [4.78, 5) is 16.5. The van der Waals surface area contributed by atoms with E-state index in [1.54, 1.807) is 30.2 Å². The van der Waals surface area contributed by atoms with Crippen LogP contribution in [-0.4, -0.2) is 56.7 Å². The van der Waals surface area contributed by atoms with E-state index in [1.165, 1.54) is 23.8 Å². The maximum atomic E-state index is 15.2. The lowest BCUT2D eigenvalue weighted by Crippen LogP contribution is -2.19. The van der Waals surface area contributed by atoms with Gasteiger partial charge in [-0.25, -0.2) is 22.7 Å². The zero-order valence-corrected chi connectivity index (χ0v) is 18.8. The van der Waals surface area contributed by atoms with Gasteiger partial charge in [-0.15, -0.1) is 5.10 Å². The van der Waals surface area contributed by atoms with Crippen molar-refractivity contribution in [3.63, 3.8) is 0 Å². The molecule has 1 atom stereocenters. The number of aromatic nitrogens is 5. The summed E-state index contributed by atoms with van der Waals surface area (Å²) >= 11 is 0. The van der Waals surface area contributed by atoms with Crippen LogP contribution < -0.4 is 10.1 Å². The van der Waals surface area contributed by atoms with Crippen molar-refractivity contribution in [3.8, 4) is 28.3 Å². The van der Waals surface area contributed by atoms with Crippen molar-refractivity contribution < 1.29 is 27.4 Å². The maximum Gasteiger partial charge on any atom is 0.266 e. The van der Waals surface area contributed by atoms with Crippen LogP contribution in [0.4, 0.5) is 13.2 Å². The number of amides is 1. The van der Waals surface area contributed by atoms with Crippen LogP contribution in [0.15, 0.2) is 36.8 Å². The van der Waals surface area contributed by atoms with Gasteiger partial charge >= 0.3 is 0 Å². The van der Waals surface area contributed by atoms with Crippen molar-refractivity contribution in [1.29, 1.82) is 0 Å². The molecule has 1 unspecified atom stereocenters. The Bertz CT molecular complexity index is 1410. The molecular weight excluding hydrogens is 465 g/mol. The second-order valence-corrected chi connectivity index (χ2v) is 8.09. The van der Waals surface area contributed by atoms with E-state index in [2.05, 4.69) is 20.5 Å². The number of hydrogen-bond donors (Lipinski definition) is 1. The number of carbonyl (C=O) groups is 1. The van der Waals surface area contributed by atoms with Gasteiger partial charge in [-0.1, -0.05) is 0 Å². The minimum Gasteiger partial charge on any atom is -0.470 e. The Morgan fingerprint density at radius 2 is 2.09 bits per heavy atom. The number of aryl methyl sites for hydroxylation is 1. The topological polar surface area (TPSA) is 95.6 Å². The van der Waals surface area contributed by atoms with E-state index < -0.39 is 23.7 Å². The number of benzene rings is 1. The molecule has 0 spiro atoms. The molecular formula is C23H21F3N6O3. The highest BCUT2D eigenvalue weighted by Crippen LogP contribution is 2.35.